The molecule has 0 bridgehead atoms. The minimum atomic E-state index is 0.532. The van der Waals surface area contributed by atoms with E-state index in [-0.39, 0.29) is 0 Å². The molecule has 0 aromatic carbocycles. The molecule has 0 amide bonds. The highest BCUT2D eigenvalue weighted by molar-refractivity contribution is 5.48. The molecule has 1 aromatic rings. The van der Waals surface area contributed by atoms with E-state index in [1.807, 2.05) is 0 Å². The zero-order valence-corrected chi connectivity index (χ0v) is 9.69. The van der Waals surface area contributed by atoms with Crippen molar-refractivity contribution in [3.8, 4) is 0 Å². The van der Waals surface area contributed by atoms with E-state index >= 15 is 0 Å². The Hall–Kier alpha value is -1.40. The van der Waals surface area contributed by atoms with E-state index in [0.717, 1.165) is 49.9 Å². The van der Waals surface area contributed by atoms with Crippen molar-refractivity contribution >= 4 is 11.8 Å². The summed E-state index contributed by atoms with van der Waals surface area (Å²) in [6.07, 6.45) is 0.819. The first kappa shape index (κ1) is 10.7. The first-order valence-electron chi connectivity index (χ1n) is 5.90. The van der Waals surface area contributed by atoms with Gasteiger partial charge in [0.25, 0.3) is 0 Å². The van der Waals surface area contributed by atoms with Crippen LogP contribution in [0.4, 0.5) is 11.8 Å². The number of fused-ring (bicyclic) bond motifs is 1. The third-order valence-corrected chi connectivity index (χ3v) is 3.14. The lowest BCUT2D eigenvalue weighted by molar-refractivity contribution is 0.109. The largest absolute Gasteiger partial charge is 0.383 e. The number of ether oxygens (including phenoxy) is 2. The van der Waals surface area contributed by atoms with Gasteiger partial charge < -0.3 is 20.1 Å². The van der Waals surface area contributed by atoms with Crippen molar-refractivity contribution in [2.45, 2.75) is 13.0 Å². The highest BCUT2D eigenvalue weighted by Gasteiger charge is 2.20. The topological polar surface area (TPSA) is 73.5 Å². The van der Waals surface area contributed by atoms with Crippen molar-refractivity contribution in [1.29, 1.82) is 0 Å². The molecule has 0 atom stereocenters. The number of hydrogen-bond donors (Lipinski definition) is 1. The fourth-order valence-electron chi connectivity index (χ4n) is 2.15. The van der Waals surface area contributed by atoms with Crippen LogP contribution in [0.3, 0.4) is 0 Å². The molecule has 6 nitrogen and oxygen atoms in total. The smallest absolute Gasteiger partial charge is 0.227 e. The van der Waals surface area contributed by atoms with Gasteiger partial charge in [-0.25, -0.2) is 4.98 Å². The minimum absolute atomic E-state index is 0.532. The fraction of sp³-hybridized carbons (Fsp3) is 0.636. The normalized spacial score (nSPS) is 20.1. The van der Waals surface area contributed by atoms with Gasteiger partial charge in [-0.15, -0.1) is 0 Å². The van der Waals surface area contributed by atoms with Crippen molar-refractivity contribution in [3.05, 3.63) is 11.3 Å². The molecule has 17 heavy (non-hydrogen) atoms. The van der Waals surface area contributed by atoms with E-state index in [4.69, 9.17) is 15.2 Å². The molecule has 2 aliphatic rings. The summed E-state index contributed by atoms with van der Waals surface area (Å²) < 4.78 is 10.7. The number of rotatable bonds is 1. The molecule has 0 radical (unpaired) electrons. The average molecular weight is 236 g/mol. The zero-order valence-electron chi connectivity index (χ0n) is 9.69. The number of nitrogen functional groups attached to an aromatic ring is 1. The van der Waals surface area contributed by atoms with Gasteiger partial charge in [-0.05, 0) is 0 Å². The van der Waals surface area contributed by atoms with Gasteiger partial charge in [0.05, 0.1) is 32.1 Å². The van der Waals surface area contributed by atoms with Crippen LogP contribution >= 0.6 is 0 Å². The summed E-state index contributed by atoms with van der Waals surface area (Å²) in [5, 5.41) is 0. The van der Waals surface area contributed by atoms with E-state index in [1.54, 1.807) is 0 Å². The highest BCUT2D eigenvalue weighted by atomic mass is 16.5. The molecule has 0 aliphatic carbocycles. The Kier molecular flexibility index (Phi) is 2.82. The standard InChI is InChI=1S/C11H16N4O2/c12-10-8-7-17-4-1-9(8)13-11(14-10)15-2-5-16-6-3-15/h1-7H2,(H2,12,13,14). The lowest BCUT2D eigenvalue weighted by atomic mass is 10.1. The first-order chi connectivity index (χ1) is 8.34. The van der Waals surface area contributed by atoms with Crippen LogP contribution in [0.25, 0.3) is 0 Å². The second-order valence-electron chi connectivity index (χ2n) is 4.24. The molecule has 0 spiro atoms. The van der Waals surface area contributed by atoms with Crippen LogP contribution in [0.1, 0.15) is 11.3 Å². The summed E-state index contributed by atoms with van der Waals surface area (Å²) in [4.78, 5) is 11.1. The molecular formula is C11H16N4O2. The Morgan fingerprint density at radius 2 is 1.88 bits per heavy atom. The van der Waals surface area contributed by atoms with Gasteiger partial charge in [0, 0.05) is 25.1 Å². The monoisotopic (exact) mass is 236 g/mol. The van der Waals surface area contributed by atoms with E-state index in [1.165, 1.54) is 0 Å². The SMILES string of the molecule is Nc1nc(N2CCOCC2)nc2c1COCC2. The number of aromatic nitrogens is 2. The van der Waals surface area contributed by atoms with E-state index in [9.17, 15) is 0 Å². The average Bonchev–Trinajstić information content (AvgIpc) is 2.40. The number of hydrogen-bond acceptors (Lipinski definition) is 6. The van der Waals surface area contributed by atoms with Gasteiger partial charge in [-0.1, -0.05) is 0 Å². The molecule has 2 N–H and O–H groups in total. The summed E-state index contributed by atoms with van der Waals surface area (Å²) in [5.41, 5.74) is 7.94. The molecule has 6 heteroatoms. The number of morpholine rings is 1. The summed E-state index contributed by atoms with van der Waals surface area (Å²) in [6, 6.07) is 0. The third-order valence-electron chi connectivity index (χ3n) is 3.14. The van der Waals surface area contributed by atoms with Gasteiger partial charge in [0.1, 0.15) is 5.82 Å². The number of nitrogens with zero attached hydrogens (tertiary/aromatic N) is 3. The van der Waals surface area contributed by atoms with Crippen LogP contribution in [0.5, 0.6) is 0 Å². The van der Waals surface area contributed by atoms with Crippen LogP contribution in [0.2, 0.25) is 0 Å². The zero-order chi connectivity index (χ0) is 11.7. The van der Waals surface area contributed by atoms with Gasteiger partial charge in [0.2, 0.25) is 5.95 Å². The molecule has 0 unspecified atom stereocenters. The molecule has 92 valence electrons. The quantitative estimate of drug-likeness (QED) is 0.738. The maximum atomic E-state index is 5.96. The summed E-state index contributed by atoms with van der Waals surface area (Å²) in [5.74, 6) is 1.28. The van der Waals surface area contributed by atoms with Gasteiger partial charge >= 0.3 is 0 Å². The van der Waals surface area contributed by atoms with Crippen molar-refractivity contribution in [2.24, 2.45) is 0 Å². The molecule has 3 heterocycles. The van der Waals surface area contributed by atoms with Gasteiger partial charge in [-0.3, -0.25) is 0 Å². The Bertz CT molecular complexity index is 418. The predicted octanol–water partition coefficient (Wildman–Crippen LogP) is -0.0319. The van der Waals surface area contributed by atoms with Crippen molar-refractivity contribution in [1.82, 2.24) is 9.97 Å². The van der Waals surface area contributed by atoms with E-state index < -0.39 is 0 Å². The first-order valence-corrected chi connectivity index (χ1v) is 5.90. The van der Waals surface area contributed by atoms with Crippen LogP contribution in [-0.2, 0) is 22.5 Å². The van der Waals surface area contributed by atoms with Gasteiger partial charge in [0.15, 0.2) is 0 Å². The predicted molar refractivity (Wildman–Crippen MR) is 62.8 cm³/mol. The molecule has 0 saturated carbocycles. The van der Waals surface area contributed by atoms with E-state index in [0.29, 0.717) is 19.0 Å². The van der Waals surface area contributed by atoms with Crippen molar-refractivity contribution in [3.63, 3.8) is 0 Å². The lowest BCUT2D eigenvalue weighted by Gasteiger charge is -2.28. The Morgan fingerprint density at radius 3 is 2.71 bits per heavy atom. The molecule has 3 rings (SSSR count). The van der Waals surface area contributed by atoms with Crippen LogP contribution in [0, 0.1) is 0 Å². The summed E-state index contributed by atoms with van der Waals surface area (Å²) in [7, 11) is 0. The molecule has 2 aliphatic heterocycles. The van der Waals surface area contributed by atoms with Crippen LogP contribution in [-0.4, -0.2) is 42.9 Å². The lowest BCUT2D eigenvalue weighted by Crippen LogP contribution is -2.38. The number of nitrogens with two attached hydrogens (primary N) is 1. The Labute approximate surface area is 99.7 Å². The molecular weight excluding hydrogens is 220 g/mol. The third kappa shape index (κ3) is 2.05. The second-order valence-corrected chi connectivity index (χ2v) is 4.24. The van der Waals surface area contributed by atoms with Crippen molar-refractivity contribution < 1.29 is 9.47 Å². The summed E-state index contributed by atoms with van der Waals surface area (Å²) in [6.45, 7) is 4.35. The summed E-state index contributed by atoms with van der Waals surface area (Å²) >= 11 is 0. The van der Waals surface area contributed by atoms with Crippen LogP contribution in [0.15, 0.2) is 0 Å². The molecule has 1 aromatic heterocycles. The second kappa shape index (κ2) is 4.46. The Morgan fingerprint density at radius 1 is 1.06 bits per heavy atom. The maximum Gasteiger partial charge on any atom is 0.227 e. The molecule has 1 fully saturated rings. The van der Waals surface area contributed by atoms with Gasteiger partial charge in [-0.2, -0.15) is 4.98 Å². The van der Waals surface area contributed by atoms with Crippen molar-refractivity contribution in [2.75, 3.05) is 43.5 Å². The maximum absolute atomic E-state index is 5.96. The van der Waals surface area contributed by atoms with Crippen LogP contribution < -0.4 is 10.6 Å². The minimum Gasteiger partial charge on any atom is -0.383 e. The van der Waals surface area contributed by atoms with E-state index in [2.05, 4.69) is 14.9 Å². The number of anilines is 2. The Balaban J connectivity index is 1.92. The molecule has 1 saturated heterocycles. The highest BCUT2D eigenvalue weighted by Crippen LogP contribution is 2.23. The fourth-order valence-corrected chi connectivity index (χ4v) is 2.15.